The number of anilines is 1. The molecule has 0 amide bonds. The molecule has 0 spiro atoms. The van der Waals surface area contributed by atoms with Crippen molar-refractivity contribution < 1.29 is 0 Å². The Morgan fingerprint density at radius 1 is 1.38 bits per heavy atom. The number of hydrogen-bond donors (Lipinski definition) is 1. The molecule has 3 aromatic heterocycles. The van der Waals surface area contributed by atoms with Gasteiger partial charge in [0.05, 0.1) is 17.6 Å². The van der Waals surface area contributed by atoms with Crippen LogP contribution in [0.15, 0.2) is 18.7 Å². The molecule has 3 heterocycles. The zero-order chi connectivity index (χ0) is 15.0. The highest BCUT2D eigenvalue weighted by molar-refractivity contribution is 7.18. The van der Waals surface area contributed by atoms with Gasteiger partial charge in [-0.3, -0.25) is 4.68 Å². The average molecular weight is 301 g/mol. The molecule has 6 heteroatoms. The van der Waals surface area contributed by atoms with E-state index in [0.29, 0.717) is 0 Å². The number of nitrogens with one attached hydrogen (secondary N) is 1. The highest BCUT2D eigenvalue weighted by atomic mass is 32.1. The summed E-state index contributed by atoms with van der Waals surface area (Å²) in [5.41, 5.74) is 2.49. The molecule has 0 aliphatic carbocycles. The Morgan fingerprint density at radius 3 is 2.86 bits per heavy atom. The molecule has 0 bridgehead atoms. The minimum atomic E-state index is 0.154. The van der Waals surface area contributed by atoms with Crippen LogP contribution in [-0.2, 0) is 13.5 Å². The molecule has 0 radical (unpaired) electrons. The first-order valence-corrected chi connectivity index (χ1v) is 7.89. The first-order valence-electron chi connectivity index (χ1n) is 7.08. The number of nitrogens with zero attached hydrogens (tertiary/aromatic N) is 4. The lowest BCUT2D eigenvalue weighted by molar-refractivity contribution is 0.765. The van der Waals surface area contributed by atoms with Crippen molar-refractivity contribution in [3.8, 4) is 0 Å². The minimum Gasteiger partial charge on any atom is -0.363 e. The summed E-state index contributed by atoms with van der Waals surface area (Å²) in [4.78, 5) is 11.2. The van der Waals surface area contributed by atoms with Crippen LogP contribution in [0.2, 0.25) is 0 Å². The van der Waals surface area contributed by atoms with Gasteiger partial charge in [-0.2, -0.15) is 5.10 Å². The van der Waals surface area contributed by atoms with E-state index in [1.807, 2.05) is 24.1 Å². The van der Waals surface area contributed by atoms with Crippen molar-refractivity contribution in [1.29, 1.82) is 0 Å². The van der Waals surface area contributed by atoms with Gasteiger partial charge in [-0.1, -0.05) is 6.92 Å². The zero-order valence-electron chi connectivity index (χ0n) is 12.7. The third-order valence-electron chi connectivity index (χ3n) is 3.72. The van der Waals surface area contributed by atoms with Gasteiger partial charge in [0.2, 0.25) is 0 Å². The van der Waals surface area contributed by atoms with Crippen molar-refractivity contribution in [3.63, 3.8) is 0 Å². The van der Waals surface area contributed by atoms with Gasteiger partial charge in [-0.25, -0.2) is 9.97 Å². The van der Waals surface area contributed by atoms with E-state index in [1.165, 1.54) is 15.8 Å². The second-order valence-electron chi connectivity index (χ2n) is 5.21. The summed E-state index contributed by atoms with van der Waals surface area (Å²) < 4.78 is 1.81. The lowest BCUT2D eigenvalue weighted by Gasteiger charge is -2.14. The predicted molar refractivity (Wildman–Crippen MR) is 86.8 cm³/mol. The maximum absolute atomic E-state index is 4.46. The highest BCUT2D eigenvalue weighted by Gasteiger charge is 2.16. The van der Waals surface area contributed by atoms with E-state index in [-0.39, 0.29) is 6.04 Å². The Labute approximate surface area is 128 Å². The van der Waals surface area contributed by atoms with Crippen LogP contribution in [0.25, 0.3) is 10.2 Å². The molecule has 0 fully saturated rings. The maximum Gasteiger partial charge on any atom is 0.138 e. The van der Waals surface area contributed by atoms with Gasteiger partial charge in [-0.05, 0) is 25.8 Å². The van der Waals surface area contributed by atoms with E-state index >= 15 is 0 Å². The SMILES string of the molecule is CCc1c(C)sc2ncnc(N[C@@H](C)c3cnn(C)c3)c12. The molecule has 0 aromatic carbocycles. The third kappa shape index (κ3) is 2.51. The van der Waals surface area contributed by atoms with E-state index in [2.05, 4.69) is 41.2 Å². The normalized spacial score (nSPS) is 12.8. The number of aryl methyl sites for hydroxylation is 3. The molecule has 3 rings (SSSR count). The molecular weight excluding hydrogens is 282 g/mol. The highest BCUT2D eigenvalue weighted by Crippen LogP contribution is 2.34. The standard InChI is InChI=1S/C15H19N5S/c1-5-12-10(3)21-15-13(12)14(16-8-17-15)19-9(2)11-6-18-20(4)7-11/h6-9H,5H2,1-4H3,(H,16,17,19)/t9-/m0/s1. The molecule has 5 nitrogen and oxygen atoms in total. The fourth-order valence-electron chi connectivity index (χ4n) is 2.59. The summed E-state index contributed by atoms with van der Waals surface area (Å²) >= 11 is 1.74. The lowest BCUT2D eigenvalue weighted by Crippen LogP contribution is -2.08. The van der Waals surface area contributed by atoms with Crippen LogP contribution < -0.4 is 5.32 Å². The van der Waals surface area contributed by atoms with Crippen molar-refractivity contribution >= 4 is 27.4 Å². The van der Waals surface area contributed by atoms with Crippen molar-refractivity contribution in [2.45, 2.75) is 33.2 Å². The molecule has 110 valence electrons. The summed E-state index contributed by atoms with van der Waals surface area (Å²) in [5.74, 6) is 0.914. The molecule has 3 aromatic rings. The Bertz CT molecular complexity index is 774. The first kappa shape index (κ1) is 14.0. The smallest absolute Gasteiger partial charge is 0.138 e. The van der Waals surface area contributed by atoms with Crippen LogP contribution >= 0.6 is 11.3 Å². The van der Waals surface area contributed by atoms with Gasteiger partial charge in [0, 0.05) is 23.7 Å². The van der Waals surface area contributed by atoms with Gasteiger partial charge < -0.3 is 5.32 Å². The lowest BCUT2D eigenvalue weighted by atomic mass is 10.1. The van der Waals surface area contributed by atoms with E-state index in [1.54, 1.807) is 17.7 Å². The Kier molecular flexibility index (Phi) is 3.63. The summed E-state index contributed by atoms with van der Waals surface area (Å²) in [6.45, 7) is 6.45. The van der Waals surface area contributed by atoms with Crippen molar-refractivity contribution in [2.75, 3.05) is 5.32 Å². The molecule has 0 unspecified atom stereocenters. The van der Waals surface area contributed by atoms with Crippen LogP contribution in [0.3, 0.4) is 0 Å². The minimum absolute atomic E-state index is 0.154. The second kappa shape index (κ2) is 5.44. The van der Waals surface area contributed by atoms with Crippen LogP contribution in [-0.4, -0.2) is 19.7 Å². The van der Waals surface area contributed by atoms with Gasteiger partial charge in [-0.15, -0.1) is 11.3 Å². The molecule has 0 aliphatic heterocycles. The summed E-state index contributed by atoms with van der Waals surface area (Å²) in [5, 5.41) is 8.90. The van der Waals surface area contributed by atoms with Crippen molar-refractivity contribution in [2.24, 2.45) is 7.05 Å². The van der Waals surface area contributed by atoms with Crippen LogP contribution in [0.5, 0.6) is 0 Å². The third-order valence-corrected chi connectivity index (χ3v) is 4.78. The number of fused-ring (bicyclic) bond motifs is 1. The average Bonchev–Trinajstić information content (AvgIpc) is 3.02. The van der Waals surface area contributed by atoms with Crippen LogP contribution in [0.1, 0.15) is 35.9 Å². The summed E-state index contributed by atoms with van der Waals surface area (Å²) in [6.07, 6.45) is 6.54. The second-order valence-corrected chi connectivity index (χ2v) is 6.41. The largest absolute Gasteiger partial charge is 0.363 e. The first-order chi connectivity index (χ1) is 10.1. The molecule has 0 aliphatic rings. The Morgan fingerprint density at radius 2 is 2.19 bits per heavy atom. The number of hydrogen-bond acceptors (Lipinski definition) is 5. The molecule has 0 saturated heterocycles. The van der Waals surface area contributed by atoms with Gasteiger partial charge in [0.1, 0.15) is 17.0 Å². The van der Waals surface area contributed by atoms with Gasteiger partial charge in [0.25, 0.3) is 0 Å². The molecule has 1 N–H and O–H groups in total. The van der Waals surface area contributed by atoms with Crippen molar-refractivity contribution in [3.05, 3.63) is 34.7 Å². The zero-order valence-corrected chi connectivity index (χ0v) is 13.5. The summed E-state index contributed by atoms with van der Waals surface area (Å²) in [6, 6.07) is 0.154. The quantitative estimate of drug-likeness (QED) is 0.801. The molecule has 21 heavy (non-hydrogen) atoms. The molecular formula is C15H19N5S. The predicted octanol–water partition coefficient (Wildman–Crippen LogP) is 3.47. The monoisotopic (exact) mass is 301 g/mol. The van der Waals surface area contributed by atoms with Crippen LogP contribution in [0.4, 0.5) is 5.82 Å². The number of aromatic nitrogens is 4. The Hall–Kier alpha value is -1.95. The molecule has 1 atom stereocenters. The van der Waals surface area contributed by atoms with E-state index < -0.39 is 0 Å². The number of rotatable bonds is 4. The van der Waals surface area contributed by atoms with Crippen LogP contribution in [0, 0.1) is 6.92 Å². The summed E-state index contributed by atoms with van der Waals surface area (Å²) in [7, 11) is 1.93. The van der Waals surface area contributed by atoms with E-state index in [9.17, 15) is 0 Å². The van der Waals surface area contributed by atoms with E-state index in [0.717, 1.165) is 22.6 Å². The van der Waals surface area contributed by atoms with Gasteiger partial charge >= 0.3 is 0 Å². The number of thiophene rings is 1. The Balaban J connectivity index is 2.00. The van der Waals surface area contributed by atoms with Crippen molar-refractivity contribution in [1.82, 2.24) is 19.7 Å². The van der Waals surface area contributed by atoms with Gasteiger partial charge in [0.15, 0.2) is 0 Å². The van der Waals surface area contributed by atoms with E-state index in [4.69, 9.17) is 0 Å². The molecule has 0 saturated carbocycles. The fourth-order valence-corrected chi connectivity index (χ4v) is 3.67. The topological polar surface area (TPSA) is 55.6 Å². The fraction of sp³-hybridized carbons (Fsp3) is 0.400. The maximum atomic E-state index is 4.46.